The fraction of sp³-hybridized carbons (Fsp3) is 0.833. The van der Waals surface area contributed by atoms with Gasteiger partial charge < -0.3 is 9.47 Å². The molecule has 0 aliphatic rings. The standard InChI is InChI=1S/C6H10NO3/c1-9-4-5-10-6(8)2-3-7/h6H,2,4-5H2,1H3. The summed E-state index contributed by atoms with van der Waals surface area (Å²) in [5.41, 5.74) is 0. The predicted molar refractivity (Wildman–Crippen MR) is 32.5 cm³/mol. The Bertz CT molecular complexity index is 110. The van der Waals surface area contributed by atoms with Crippen LogP contribution in [-0.4, -0.2) is 26.6 Å². The summed E-state index contributed by atoms with van der Waals surface area (Å²) in [4.78, 5) is 0. The van der Waals surface area contributed by atoms with Crippen molar-refractivity contribution in [1.29, 1.82) is 5.26 Å². The van der Waals surface area contributed by atoms with Crippen molar-refractivity contribution in [1.82, 2.24) is 0 Å². The highest BCUT2D eigenvalue weighted by Crippen LogP contribution is 1.92. The second kappa shape index (κ2) is 6.49. The average molecular weight is 144 g/mol. The van der Waals surface area contributed by atoms with Crippen LogP contribution in [0.5, 0.6) is 0 Å². The quantitative estimate of drug-likeness (QED) is 0.412. The molecule has 0 aromatic rings. The molecule has 57 valence electrons. The molecule has 1 radical (unpaired) electrons. The van der Waals surface area contributed by atoms with Gasteiger partial charge in [0, 0.05) is 7.11 Å². The predicted octanol–water partition coefficient (Wildman–Crippen LogP) is 0.320. The summed E-state index contributed by atoms with van der Waals surface area (Å²) in [6.07, 6.45) is -1.33. The Kier molecular flexibility index (Phi) is 6.08. The van der Waals surface area contributed by atoms with Crippen LogP contribution >= 0.6 is 0 Å². The largest absolute Gasteiger partial charge is 0.382 e. The molecule has 0 N–H and O–H groups in total. The molecule has 0 heterocycles. The number of nitriles is 1. The smallest absolute Gasteiger partial charge is 0.204 e. The molecule has 0 bridgehead atoms. The van der Waals surface area contributed by atoms with Crippen molar-refractivity contribution >= 4 is 0 Å². The van der Waals surface area contributed by atoms with Crippen LogP contribution in [0.15, 0.2) is 0 Å². The molecular weight excluding hydrogens is 134 g/mol. The zero-order valence-corrected chi connectivity index (χ0v) is 5.87. The first-order chi connectivity index (χ1) is 4.81. The first-order valence-electron chi connectivity index (χ1n) is 2.94. The third kappa shape index (κ3) is 5.51. The first-order valence-corrected chi connectivity index (χ1v) is 2.94. The molecule has 0 fully saturated rings. The number of ether oxygens (including phenoxy) is 2. The summed E-state index contributed by atoms with van der Waals surface area (Å²) in [6.45, 7) is 0.649. The van der Waals surface area contributed by atoms with Crippen molar-refractivity contribution in [3.05, 3.63) is 0 Å². The van der Waals surface area contributed by atoms with E-state index in [9.17, 15) is 5.11 Å². The molecule has 0 aliphatic heterocycles. The van der Waals surface area contributed by atoms with Crippen molar-refractivity contribution in [2.75, 3.05) is 20.3 Å². The number of methoxy groups -OCH3 is 1. The normalized spacial score (nSPS) is 12.5. The van der Waals surface area contributed by atoms with E-state index in [1.54, 1.807) is 6.07 Å². The second-order valence-electron chi connectivity index (χ2n) is 1.66. The lowest BCUT2D eigenvalue weighted by atomic mass is 10.5. The molecule has 0 amide bonds. The topological polar surface area (TPSA) is 62.1 Å². The second-order valence-corrected chi connectivity index (χ2v) is 1.66. The highest BCUT2D eigenvalue weighted by Gasteiger charge is 2.02. The minimum atomic E-state index is -1.22. The van der Waals surface area contributed by atoms with Crippen LogP contribution in [0.2, 0.25) is 0 Å². The first kappa shape index (κ1) is 9.37. The van der Waals surface area contributed by atoms with E-state index in [2.05, 4.69) is 9.47 Å². The Morgan fingerprint density at radius 2 is 2.30 bits per heavy atom. The lowest BCUT2D eigenvalue weighted by Crippen LogP contribution is -2.12. The van der Waals surface area contributed by atoms with Gasteiger partial charge in [0.2, 0.25) is 6.29 Å². The van der Waals surface area contributed by atoms with Gasteiger partial charge in [-0.05, 0) is 0 Å². The van der Waals surface area contributed by atoms with E-state index in [0.29, 0.717) is 6.61 Å². The van der Waals surface area contributed by atoms with Crippen molar-refractivity contribution in [2.45, 2.75) is 12.7 Å². The molecule has 1 atom stereocenters. The lowest BCUT2D eigenvalue weighted by Gasteiger charge is -2.04. The minimum Gasteiger partial charge on any atom is -0.382 e. The summed E-state index contributed by atoms with van der Waals surface area (Å²) >= 11 is 0. The van der Waals surface area contributed by atoms with Crippen molar-refractivity contribution in [3.63, 3.8) is 0 Å². The van der Waals surface area contributed by atoms with Crippen LogP contribution in [-0.2, 0) is 14.6 Å². The number of nitrogens with zero attached hydrogens (tertiary/aromatic N) is 1. The van der Waals surface area contributed by atoms with Gasteiger partial charge in [0.1, 0.15) is 0 Å². The van der Waals surface area contributed by atoms with Gasteiger partial charge >= 0.3 is 0 Å². The maximum atomic E-state index is 10.5. The maximum Gasteiger partial charge on any atom is 0.204 e. The number of hydrogen-bond acceptors (Lipinski definition) is 3. The highest BCUT2D eigenvalue weighted by atomic mass is 16.6. The SMILES string of the molecule is COCCOC([O])CC#N. The number of rotatable bonds is 5. The third-order valence-corrected chi connectivity index (χ3v) is 0.849. The minimum absolute atomic E-state index is 0.107. The molecule has 1 unspecified atom stereocenters. The van der Waals surface area contributed by atoms with Crippen LogP contribution in [0, 0.1) is 11.3 Å². The molecule has 0 aromatic heterocycles. The molecule has 10 heavy (non-hydrogen) atoms. The molecule has 0 spiro atoms. The Labute approximate surface area is 60.0 Å². The zero-order chi connectivity index (χ0) is 7.82. The number of hydrogen-bond donors (Lipinski definition) is 0. The molecule has 4 nitrogen and oxygen atoms in total. The summed E-state index contributed by atoms with van der Waals surface area (Å²) < 4.78 is 9.24. The summed E-state index contributed by atoms with van der Waals surface area (Å²) in [5.74, 6) is 0. The van der Waals surface area contributed by atoms with Gasteiger partial charge in [-0.2, -0.15) is 5.26 Å². The van der Waals surface area contributed by atoms with Crippen LogP contribution in [0.1, 0.15) is 6.42 Å². The van der Waals surface area contributed by atoms with E-state index in [0.717, 1.165) is 0 Å². The van der Waals surface area contributed by atoms with Gasteiger partial charge in [-0.25, -0.2) is 5.11 Å². The van der Waals surface area contributed by atoms with E-state index >= 15 is 0 Å². The van der Waals surface area contributed by atoms with Crippen LogP contribution in [0.4, 0.5) is 0 Å². The molecule has 4 heteroatoms. The maximum absolute atomic E-state index is 10.5. The molecule has 0 saturated carbocycles. The van der Waals surface area contributed by atoms with Gasteiger partial charge in [-0.1, -0.05) is 0 Å². The lowest BCUT2D eigenvalue weighted by molar-refractivity contribution is -0.143. The van der Waals surface area contributed by atoms with Crippen LogP contribution in [0.25, 0.3) is 0 Å². The fourth-order valence-electron chi connectivity index (χ4n) is 0.396. The third-order valence-electron chi connectivity index (χ3n) is 0.849. The van der Waals surface area contributed by atoms with E-state index < -0.39 is 6.29 Å². The van der Waals surface area contributed by atoms with Gasteiger partial charge in [0.25, 0.3) is 0 Å². The van der Waals surface area contributed by atoms with E-state index in [-0.39, 0.29) is 13.0 Å². The van der Waals surface area contributed by atoms with Crippen molar-refractivity contribution in [3.8, 4) is 6.07 Å². The molecule has 0 saturated heterocycles. The molecule has 0 aromatic carbocycles. The van der Waals surface area contributed by atoms with Crippen molar-refractivity contribution < 1.29 is 14.6 Å². The molecule has 0 aliphatic carbocycles. The van der Waals surface area contributed by atoms with Crippen LogP contribution < -0.4 is 0 Å². The highest BCUT2D eigenvalue weighted by molar-refractivity contribution is 4.69. The molecule has 0 rings (SSSR count). The van der Waals surface area contributed by atoms with E-state index in [4.69, 9.17) is 5.26 Å². The Balaban J connectivity index is 3.06. The van der Waals surface area contributed by atoms with Crippen LogP contribution in [0.3, 0.4) is 0 Å². The Morgan fingerprint density at radius 1 is 1.60 bits per heavy atom. The van der Waals surface area contributed by atoms with E-state index in [1.807, 2.05) is 0 Å². The fourth-order valence-corrected chi connectivity index (χ4v) is 0.396. The van der Waals surface area contributed by atoms with Crippen molar-refractivity contribution in [2.24, 2.45) is 0 Å². The van der Waals surface area contributed by atoms with E-state index in [1.165, 1.54) is 7.11 Å². The van der Waals surface area contributed by atoms with Gasteiger partial charge in [0.05, 0.1) is 25.7 Å². The summed E-state index contributed by atoms with van der Waals surface area (Å²) in [6, 6.07) is 1.72. The summed E-state index contributed by atoms with van der Waals surface area (Å²) in [5, 5.41) is 18.5. The molecular formula is C6H10NO3. The average Bonchev–Trinajstić information content (AvgIpc) is 1.89. The van der Waals surface area contributed by atoms with Gasteiger partial charge in [-0.15, -0.1) is 0 Å². The zero-order valence-electron chi connectivity index (χ0n) is 5.87. The Morgan fingerprint density at radius 3 is 2.80 bits per heavy atom. The monoisotopic (exact) mass is 144 g/mol. The summed E-state index contributed by atoms with van der Waals surface area (Å²) in [7, 11) is 1.52. The van der Waals surface area contributed by atoms with Gasteiger partial charge in [-0.3, -0.25) is 0 Å². The van der Waals surface area contributed by atoms with Gasteiger partial charge in [0.15, 0.2) is 0 Å². The Hall–Kier alpha value is -0.630.